The fourth-order valence-corrected chi connectivity index (χ4v) is 3.11. The number of hydrogen-bond donors (Lipinski definition) is 1. The van der Waals surface area contributed by atoms with E-state index >= 15 is 0 Å². The minimum absolute atomic E-state index is 0.373. The zero-order valence-electron chi connectivity index (χ0n) is 13.4. The first-order valence-corrected chi connectivity index (χ1v) is 8.92. The second-order valence-electron chi connectivity index (χ2n) is 5.42. The van der Waals surface area contributed by atoms with Crippen LogP contribution in [0.15, 0.2) is 74.9 Å². The van der Waals surface area contributed by atoms with E-state index in [-0.39, 0.29) is 0 Å². The molecule has 2 aromatic heterocycles. The van der Waals surface area contributed by atoms with Crippen LogP contribution < -0.4 is 5.43 Å². The number of hydrogen-bond acceptors (Lipinski definition) is 5. The Labute approximate surface area is 162 Å². The van der Waals surface area contributed by atoms with Crippen molar-refractivity contribution in [3.8, 4) is 11.3 Å². The molecule has 26 heavy (non-hydrogen) atoms. The maximum absolute atomic E-state index is 6.39. The van der Waals surface area contributed by atoms with Crippen LogP contribution in [0.4, 0.5) is 5.95 Å². The maximum Gasteiger partial charge on any atom is 0.244 e. The predicted molar refractivity (Wildman–Crippen MR) is 108 cm³/mol. The van der Waals surface area contributed by atoms with Crippen LogP contribution in [0.25, 0.3) is 22.2 Å². The molecule has 2 heterocycles. The molecule has 2 aromatic carbocycles. The summed E-state index contributed by atoms with van der Waals surface area (Å²) in [5, 5.41) is 5.65. The molecule has 0 amide bonds. The molecular weight excluding hydrogens is 416 g/mol. The third-order valence-corrected chi connectivity index (χ3v) is 4.51. The summed E-state index contributed by atoms with van der Waals surface area (Å²) in [7, 11) is 0. The molecule has 0 atom stereocenters. The molecule has 0 aliphatic rings. The summed E-state index contributed by atoms with van der Waals surface area (Å²) >= 11 is 9.89. The average molecular weight is 428 g/mol. The minimum Gasteiger partial charge on any atom is -0.463 e. The van der Waals surface area contributed by atoms with E-state index in [0.717, 1.165) is 26.6 Å². The monoisotopic (exact) mass is 426 g/mol. The van der Waals surface area contributed by atoms with Crippen LogP contribution in [0.3, 0.4) is 0 Å². The number of benzene rings is 2. The summed E-state index contributed by atoms with van der Waals surface area (Å²) in [6.45, 7) is 0. The van der Waals surface area contributed by atoms with Crippen LogP contribution in [-0.4, -0.2) is 16.2 Å². The van der Waals surface area contributed by atoms with Gasteiger partial charge in [-0.25, -0.2) is 15.4 Å². The molecule has 0 radical (unpaired) electrons. The molecule has 0 unspecified atom stereocenters. The molecule has 4 rings (SSSR count). The van der Waals surface area contributed by atoms with Crippen molar-refractivity contribution in [3.63, 3.8) is 0 Å². The number of nitrogens with zero attached hydrogens (tertiary/aromatic N) is 3. The Hall–Kier alpha value is -2.70. The van der Waals surface area contributed by atoms with Gasteiger partial charge in [0.2, 0.25) is 5.95 Å². The predicted octanol–water partition coefficient (Wildman–Crippen LogP) is 5.75. The van der Waals surface area contributed by atoms with E-state index < -0.39 is 0 Å². The first-order chi connectivity index (χ1) is 12.7. The van der Waals surface area contributed by atoms with Crippen LogP contribution in [-0.2, 0) is 0 Å². The summed E-state index contributed by atoms with van der Waals surface area (Å²) in [6.07, 6.45) is 3.14. The highest BCUT2D eigenvalue weighted by molar-refractivity contribution is 9.10. The van der Waals surface area contributed by atoms with Crippen LogP contribution in [0.2, 0.25) is 5.02 Å². The van der Waals surface area contributed by atoms with Crippen molar-refractivity contribution in [2.75, 3.05) is 5.43 Å². The molecule has 1 N–H and O–H groups in total. The molecule has 0 saturated carbocycles. The molecule has 0 bridgehead atoms. The van der Waals surface area contributed by atoms with Gasteiger partial charge in [-0.05, 0) is 36.4 Å². The fraction of sp³-hybridized carbons (Fsp3) is 0. The van der Waals surface area contributed by atoms with Crippen molar-refractivity contribution in [1.29, 1.82) is 0 Å². The number of fused-ring (bicyclic) bond motifs is 1. The number of halogens is 2. The first-order valence-electron chi connectivity index (χ1n) is 7.75. The van der Waals surface area contributed by atoms with Crippen molar-refractivity contribution < 1.29 is 4.42 Å². The lowest BCUT2D eigenvalue weighted by atomic mass is 10.1. The van der Waals surface area contributed by atoms with Gasteiger partial charge in [-0.15, -0.1) is 0 Å². The van der Waals surface area contributed by atoms with Gasteiger partial charge < -0.3 is 4.42 Å². The van der Waals surface area contributed by atoms with E-state index in [4.69, 9.17) is 16.0 Å². The summed E-state index contributed by atoms with van der Waals surface area (Å²) in [4.78, 5) is 9.14. The van der Waals surface area contributed by atoms with Gasteiger partial charge in [0.15, 0.2) is 0 Å². The fourth-order valence-electron chi connectivity index (χ4n) is 2.53. The van der Waals surface area contributed by atoms with Gasteiger partial charge in [0.05, 0.1) is 23.7 Å². The molecule has 0 saturated heterocycles. The highest BCUT2D eigenvalue weighted by atomic mass is 79.9. The van der Waals surface area contributed by atoms with Gasteiger partial charge in [0.25, 0.3) is 0 Å². The van der Waals surface area contributed by atoms with Gasteiger partial charge in [0.1, 0.15) is 5.76 Å². The Morgan fingerprint density at radius 1 is 1.08 bits per heavy atom. The zero-order valence-corrected chi connectivity index (χ0v) is 15.7. The lowest BCUT2D eigenvalue weighted by molar-refractivity contribution is 0.560. The van der Waals surface area contributed by atoms with Crippen LogP contribution >= 0.6 is 27.5 Å². The van der Waals surface area contributed by atoms with Crippen LogP contribution in [0.1, 0.15) is 5.76 Å². The van der Waals surface area contributed by atoms with Gasteiger partial charge in [-0.2, -0.15) is 5.10 Å². The summed E-state index contributed by atoms with van der Waals surface area (Å²) < 4.78 is 6.15. The Bertz CT molecular complexity index is 1100. The van der Waals surface area contributed by atoms with Crippen molar-refractivity contribution in [1.82, 2.24) is 9.97 Å². The number of anilines is 1. The Morgan fingerprint density at radius 2 is 1.96 bits per heavy atom. The van der Waals surface area contributed by atoms with Crippen molar-refractivity contribution in [2.45, 2.75) is 0 Å². The lowest BCUT2D eigenvalue weighted by Crippen LogP contribution is -2.00. The molecule has 4 aromatic rings. The molecule has 5 nitrogen and oxygen atoms in total. The largest absolute Gasteiger partial charge is 0.463 e. The van der Waals surface area contributed by atoms with E-state index in [9.17, 15) is 0 Å². The molecule has 7 heteroatoms. The number of furan rings is 1. The zero-order chi connectivity index (χ0) is 17.9. The SMILES string of the molecule is Clc1ccccc1-c1nc(N/N=C/c2ccco2)nc2ccc(Br)cc12. The number of hydrazone groups is 1. The highest BCUT2D eigenvalue weighted by Crippen LogP contribution is 2.33. The normalized spacial score (nSPS) is 11.3. The average Bonchev–Trinajstić information content (AvgIpc) is 3.15. The van der Waals surface area contributed by atoms with E-state index in [2.05, 4.69) is 36.4 Å². The Morgan fingerprint density at radius 3 is 2.77 bits per heavy atom. The Balaban J connectivity index is 1.80. The Kier molecular flexibility index (Phi) is 4.69. The molecule has 0 spiro atoms. The van der Waals surface area contributed by atoms with Crippen molar-refractivity contribution in [2.24, 2.45) is 5.10 Å². The molecular formula is C19H12BrClN4O. The van der Waals surface area contributed by atoms with E-state index in [1.807, 2.05) is 42.5 Å². The number of rotatable bonds is 4. The molecule has 0 fully saturated rings. The number of nitrogens with one attached hydrogen (secondary N) is 1. The van der Waals surface area contributed by atoms with Crippen LogP contribution in [0.5, 0.6) is 0 Å². The van der Waals surface area contributed by atoms with Gasteiger partial charge >= 0.3 is 0 Å². The summed E-state index contributed by atoms with van der Waals surface area (Å²) in [6, 6.07) is 17.0. The van der Waals surface area contributed by atoms with Crippen LogP contribution in [0, 0.1) is 0 Å². The van der Waals surface area contributed by atoms with Gasteiger partial charge in [-0.3, -0.25) is 0 Å². The quantitative estimate of drug-likeness (QED) is 0.332. The van der Waals surface area contributed by atoms with E-state index in [0.29, 0.717) is 16.7 Å². The standard InChI is InChI=1S/C19H12BrClN4O/c20-12-7-8-17-15(10-12)18(14-5-1-2-6-16(14)21)24-19(23-17)25-22-11-13-4-3-9-26-13/h1-11H,(H,23,24,25)/b22-11+. The second-order valence-corrected chi connectivity index (χ2v) is 6.75. The third kappa shape index (κ3) is 3.47. The van der Waals surface area contributed by atoms with Crippen molar-refractivity contribution in [3.05, 3.63) is 76.1 Å². The highest BCUT2D eigenvalue weighted by Gasteiger charge is 2.12. The summed E-state index contributed by atoms with van der Waals surface area (Å²) in [5.41, 5.74) is 5.20. The maximum atomic E-state index is 6.39. The molecule has 128 valence electrons. The second kappa shape index (κ2) is 7.27. The minimum atomic E-state index is 0.373. The van der Waals surface area contributed by atoms with E-state index in [1.165, 1.54) is 0 Å². The summed E-state index contributed by atoms with van der Waals surface area (Å²) in [5.74, 6) is 1.01. The molecule has 0 aliphatic heterocycles. The van der Waals surface area contributed by atoms with Crippen molar-refractivity contribution >= 4 is 50.6 Å². The van der Waals surface area contributed by atoms with E-state index in [1.54, 1.807) is 24.6 Å². The van der Waals surface area contributed by atoms with Gasteiger partial charge in [-0.1, -0.05) is 45.7 Å². The first kappa shape index (κ1) is 16.8. The number of aromatic nitrogens is 2. The molecule has 0 aliphatic carbocycles. The topological polar surface area (TPSA) is 63.3 Å². The third-order valence-electron chi connectivity index (χ3n) is 3.69. The smallest absolute Gasteiger partial charge is 0.244 e. The lowest BCUT2D eigenvalue weighted by Gasteiger charge is -2.10. The van der Waals surface area contributed by atoms with Gasteiger partial charge in [0, 0.05) is 20.4 Å².